The van der Waals surface area contributed by atoms with Crippen LogP contribution in [0.25, 0.3) is 0 Å². The molecular formula is C23H29F3N4O2. The number of fused-ring (bicyclic) bond motifs is 1. The highest BCUT2D eigenvalue weighted by Crippen LogP contribution is 2.44. The third kappa shape index (κ3) is 4.99. The van der Waals surface area contributed by atoms with E-state index in [2.05, 4.69) is 15.3 Å². The number of morpholine rings is 1. The number of nitrogens with zero attached hydrogens (tertiary/aromatic N) is 3. The van der Waals surface area contributed by atoms with Gasteiger partial charge in [-0.1, -0.05) is 31.2 Å². The average molecular weight is 451 g/mol. The summed E-state index contributed by atoms with van der Waals surface area (Å²) in [5.41, 5.74) is 2.13. The van der Waals surface area contributed by atoms with Gasteiger partial charge in [-0.3, -0.25) is 9.69 Å². The molecule has 2 aliphatic rings. The van der Waals surface area contributed by atoms with E-state index < -0.39 is 18.3 Å². The zero-order chi connectivity index (χ0) is 22.7. The lowest BCUT2D eigenvalue weighted by molar-refractivity contribution is -0.173. The molecule has 1 aromatic carbocycles. The number of carbonyl (C=O) groups is 1. The topological polar surface area (TPSA) is 59.4 Å². The predicted molar refractivity (Wildman–Crippen MR) is 115 cm³/mol. The first kappa shape index (κ1) is 22.8. The van der Waals surface area contributed by atoms with Crippen molar-refractivity contribution in [3.05, 3.63) is 47.2 Å². The van der Waals surface area contributed by atoms with E-state index in [0.717, 1.165) is 41.9 Å². The van der Waals surface area contributed by atoms with Crippen LogP contribution in [-0.2, 0) is 11.2 Å². The number of aryl methyl sites for hydroxylation is 1. The fourth-order valence-electron chi connectivity index (χ4n) is 4.39. The molecule has 9 heteroatoms. The maximum absolute atomic E-state index is 13.9. The molecule has 0 radical (unpaired) electrons. The Balaban J connectivity index is 1.51. The van der Waals surface area contributed by atoms with Gasteiger partial charge in [-0.25, -0.2) is 4.68 Å². The number of rotatable bonds is 7. The summed E-state index contributed by atoms with van der Waals surface area (Å²) in [5.74, 6) is -0.0190. The van der Waals surface area contributed by atoms with E-state index in [1.807, 2.05) is 31.2 Å². The van der Waals surface area contributed by atoms with Crippen LogP contribution in [0.1, 0.15) is 59.8 Å². The highest BCUT2D eigenvalue weighted by Gasteiger charge is 2.47. The van der Waals surface area contributed by atoms with Gasteiger partial charge in [0.05, 0.1) is 31.0 Å². The van der Waals surface area contributed by atoms with E-state index in [1.54, 1.807) is 0 Å². The average Bonchev–Trinajstić information content (AvgIpc) is 3.22. The quantitative estimate of drug-likeness (QED) is 0.634. The van der Waals surface area contributed by atoms with Crippen molar-refractivity contribution < 1.29 is 22.7 Å². The first-order valence-corrected chi connectivity index (χ1v) is 11.2. The molecule has 2 aliphatic heterocycles. The lowest BCUT2D eigenvalue weighted by atomic mass is 9.95. The molecule has 0 amide bonds. The standard InChI is InChI=1S/C23H29F3N4O2/c1-2-16-5-7-17(8-6-16)19-14-21(23(24,25)26)30-22(28-19)18(15-27-30)20(31)4-3-9-29-10-12-32-13-11-29/h5-8,15,19,21,28H,2-4,9-14H2,1H3. The van der Waals surface area contributed by atoms with Gasteiger partial charge in [0.15, 0.2) is 11.8 Å². The van der Waals surface area contributed by atoms with E-state index in [9.17, 15) is 18.0 Å². The number of hydrogen-bond acceptors (Lipinski definition) is 5. The van der Waals surface area contributed by atoms with Crippen LogP contribution in [0.3, 0.4) is 0 Å². The molecule has 0 aliphatic carbocycles. The SMILES string of the molecule is CCc1ccc(C2CC(C(F)(F)F)n3ncc(C(=O)CCCN4CCOCC4)c3N2)cc1. The van der Waals surface area contributed by atoms with Gasteiger partial charge in [-0.15, -0.1) is 0 Å². The van der Waals surface area contributed by atoms with Gasteiger partial charge in [0.1, 0.15) is 5.82 Å². The molecule has 1 aromatic heterocycles. The van der Waals surface area contributed by atoms with E-state index in [-0.39, 0.29) is 30.0 Å². The third-order valence-corrected chi connectivity index (χ3v) is 6.31. The molecule has 0 spiro atoms. The number of hydrogen-bond donors (Lipinski definition) is 1. The van der Waals surface area contributed by atoms with Crippen LogP contribution in [-0.4, -0.2) is 59.5 Å². The summed E-state index contributed by atoms with van der Waals surface area (Å²) in [7, 11) is 0. The van der Waals surface area contributed by atoms with Crippen LogP contribution in [0.5, 0.6) is 0 Å². The van der Waals surface area contributed by atoms with Crippen LogP contribution in [0.4, 0.5) is 19.0 Å². The van der Waals surface area contributed by atoms with Crippen molar-refractivity contribution in [2.45, 2.75) is 50.9 Å². The molecule has 174 valence electrons. The molecule has 32 heavy (non-hydrogen) atoms. The molecule has 2 unspecified atom stereocenters. The van der Waals surface area contributed by atoms with Crippen molar-refractivity contribution in [2.24, 2.45) is 0 Å². The molecule has 0 bridgehead atoms. The Hall–Kier alpha value is -2.39. The number of nitrogens with one attached hydrogen (secondary N) is 1. The number of anilines is 1. The maximum Gasteiger partial charge on any atom is 0.410 e. The minimum Gasteiger partial charge on any atom is -0.379 e. The molecule has 3 heterocycles. The summed E-state index contributed by atoms with van der Waals surface area (Å²) in [6.07, 6.45) is -1.58. The van der Waals surface area contributed by atoms with E-state index in [1.165, 1.54) is 6.20 Å². The largest absolute Gasteiger partial charge is 0.410 e. The van der Waals surface area contributed by atoms with Gasteiger partial charge < -0.3 is 10.1 Å². The van der Waals surface area contributed by atoms with Gasteiger partial charge in [-0.2, -0.15) is 18.3 Å². The van der Waals surface area contributed by atoms with E-state index in [0.29, 0.717) is 19.6 Å². The summed E-state index contributed by atoms with van der Waals surface area (Å²) < 4.78 is 47.8. The minimum atomic E-state index is -4.46. The number of alkyl halides is 3. The molecule has 4 rings (SSSR count). The number of ether oxygens (including phenoxy) is 1. The second kappa shape index (κ2) is 9.62. The Morgan fingerprint density at radius 3 is 2.59 bits per heavy atom. The number of ketones is 1. The van der Waals surface area contributed by atoms with Gasteiger partial charge in [-0.05, 0) is 30.5 Å². The summed E-state index contributed by atoms with van der Waals surface area (Å²) in [5, 5.41) is 7.14. The molecule has 2 atom stereocenters. The first-order chi connectivity index (χ1) is 15.4. The van der Waals surface area contributed by atoms with Gasteiger partial charge in [0.2, 0.25) is 0 Å². The summed E-state index contributed by atoms with van der Waals surface area (Å²) in [4.78, 5) is 15.1. The predicted octanol–water partition coefficient (Wildman–Crippen LogP) is 4.40. The van der Waals surface area contributed by atoms with E-state index in [4.69, 9.17) is 4.74 Å². The lowest BCUT2D eigenvalue weighted by Gasteiger charge is -2.34. The third-order valence-electron chi connectivity index (χ3n) is 6.31. The molecule has 6 nitrogen and oxygen atoms in total. The summed E-state index contributed by atoms with van der Waals surface area (Å²) in [6, 6.07) is 5.27. The monoisotopic (exact) mass is 450 g/mol. The molecular weight excluding hydrogens is 421 g/mol. The Labute approximate surface area is 185 Å². The van der Waals surface area contributed by atoms with Crippen LogP contribution in [0.2, 0.25) is 0 Å². The number of halogens is 3. The minimum absolute atomic E-state index is 0.166. The van der Waals surface area contributed by atoms with Crippen molar-refractivity contribution in [2.75, 3.05) is 38.2 Å². The van der Waals surface area contributed by atoms with Gasteiger partial charge >= 0.3 is 6.18 Å². The van der Waals surface area contributed by atoms with Crippen molar-refractivity contribution in [3.63, 3.8) is 0 Å². The smallest absolute Gasteiger partial charge is 0.379 e. The number of aromatic nitrogens is 2. The molecule has 2 aromatic rings. The van der Waals surface area contributed by atoms with Gasteiger partial charge in [0, 0.05) is 25.9 Å². The molecule has 1 fully saturated rings. The Morgan fingerprint density at radius 2 is 1.94 bits per heavy atom. The molecule has 1 N–H and O–H groups in total. The number of carbonyl (C=O) groups excluding carboxylic acids is 1. The second-order valence-electron chi connectivity index (χ2n) is 8.42. The molecule has 0 saturated carbocycles. The highest BCUT2D eigenvalue weighted by atomic mass is 19.4. The maximum atomic E-state index is 13.9. The normalized spacial score (nSPS) is 21.8. The summed E-state index contributed by atoms with van der Waals surface area (Å²) in [6.45, 7) is 5.85. The Kier molecular flexibility index (Phi) is 6.85. The van der Waals surface area contributed by atoms with Crippen molar-refractivity contribution in [1.82, 2.24) is 14.7 Å². The molecule has 1 saturated heterocycles. The van der Waals surface area contributed by atoms with Crippen LogP contribution < -0.4 is 5.32 Å². The van der Waals surface area contributed by atoms with Crippen molar-refractivity contribution in [3.8, 4) is 0 Å². The Bertz CT molecular complexity index is 920. The van der Waals surface area contributed by atoms with Crippen LogP contribution in [0.15, 0.2) is 30.5 Å². The Morgan fingerprint density at radius 1 is 1.22 bits per heavy atom. The van der Waals surface area contributed by atoms with Gasteiger partial charge in [0.25, 0.3) is 0 Å². The second-order valence-corrected chi connectivity index (χ2v) is 8.42. The van der Waals surface area contributed by atoms with Crippen LogP contribution in [0, 0.1) is 0 Å². The number of benzene rings is 1. The zero-order valence-corrected chi connectivity index (χ0v) is 18.2. The fourth-order valence-corrected chi connectivity index (χ4v) is 4.39. The van der Waals surface area contributed by atoms with E-state index >= 15 is 0 Å². The highest BCUT2D eigenvalue weighted by molar-refractivity contribution is 6.00. The fraction of sp³-hybridized carbons (Fsp3) is 0.565. The summed E-state index contributed by atoms with van der Waals surface area (Å²) >= 11 is 0. The van der Waals surface area contributed by atoms with Crippen molar-refractivity contribution in [1.29, 1.82) is 0 Å². The zero-order valence-electron chi connectivity index (χ0n) is 18.2. The first-order valence-electron chi connectivity index (χ1n) is 11.2. The lowest BCUT2D eigenvalue weighted by Crippen LogP contribution is -2.37. The number of Topliss-reactive ketones (excluding diaryl/α,β-unsaturated/α-hetero) is 1. The van der Waals surface area contributed by atoms with Crippen LogP contribution >= 0.6 is 0 Å². The van der Waals surface area contributed by atoms with Crippen molar-refractivity contribution >= 4 is 11.6 Å².